The molecule has 0 radical (unpaired) electrons. The van der Waals surface area contributed by atoms with Gasteiger partial charge in [0.25, 0.3) is 0 Å². The van der Waals surface area contributed by atoms with Crippen molar-refractivity contribution in [2.45, 2.75) is 44.8 Å². The molecule has 7 heteroatoms. The number of nitrogens with one attached hydrogen (secondary N) is 1. The summed E-state index contributed by atoms with van der Waals surface area (Å²) in [5.74, 6) is 0. The van der Waals surface area contributed by atoms with Gasteiger partial charge in [-0.05, 0) is 24.1 Å². The average molecular weight is 365 g/mol. The standard InChI is InChI=1S/C17H25ClN4OSi/c1-24(2,3)17-11-22(21-20-17)10-16-9-19-15(12-23-16)8-13-4-6-14(18)7-5-13/h4-7,11,15-16,19H,8-10,12H2,1-3H3/t15-,16+/m0/s1. The van der Waals surface area contributed by atoms with E-state index in [1.165, 1.54) is 5.56 Å². The zero-order valence-corrected chi connectivity index (χ0v) is 16.3. The van der Waals surface area contributed by atoms with Crippen LogP contribution in [0.4, 0.5) is 0 Å². The lowest BCUT2D eigenvalue weighted by Gasteiger charge is -2.30. The zero-order valence-electron chi connectivity index (χ0n) is 14.5. The van der Waals surface area contributed by atoms with Crippen molar-refractivity contribution in [3.05, 3.63) is 41.0 Å². The van der Waals surface area contributed by atoms with Crippen molar-refractivity contribution in [1.82, 2.24) is 20.3 Å². The predicted molar refractivity (Wildman–Crippen MR) is 99.7 cm³/mol. The summed E-state index contributed by atoms with van der Waals surface area (Å²) < 4.78 is 7.94. The normalized spacial score (nSPS) is 21.8. The van der Waals surface area contributed by atoms with Crippen LogP contribution in [0.25, 0.3) is 0 Å². The summed E-state index contributed by atoms with van der Waals surface area (Å²) in [6, 6.07) is 8.36. The largest absolute Gasteiger partial charge is 0.373 e. The van der Waals surface area contributed by atoms with Gasteiger partial charge in [-0.3, -0.25) is 4.68 Å². The van der Waals surface area contributed by atoms with E-state index < -0.39 is 8.07 Å². The van der Waals surface area contributed by atoms with E-state index in [0.717, 1.165) is 29.9 Å². The van der Waals surface area contributed by atoms with Crippen LogP contribution in [0.15, 0.2) is 30.5 Å². The first kappa shape index (κ1) is 17.6. The fraction of sp³-hybridized carbons (Fsp3) is 0.529. The molecule has 130 valence electrons. The van der Waals surface area contributed by atoms with Gasteiger partial charge in [0, 0.05) is 23.8 Å². The van der Waals surface area contributed by atoms with Crippen molar-refractivity contribution in [3.63, 3.8) is 0 Å². The van der Waals surface area contributed by atoms with Crippen LogP contribution in [0, 0.1) is 0 Å². The molecular formula is C17H25ClN4OSi. The number of halogens is 1. The lowest BCUT2D eigenvalue weighted by atomic mass is 10.1. The van der Waals surface area contributed by atoms with Crippen LogP contribution >= 0.6 is 11.6 Å². The first-order valence-corrected chi connectivity index (χ1v) is 12.3. The highest BCUT2D eigenvalue weighted by molar-refractivity contribution is 6.88. The van der Waals surface area contributed by atoms with Gasteiger partial charge in [-0.25, -0.2) is 0 Å². The van der Waals surface area contributed by atoms with Crippen molar-refractivity contribution >= 4 is 25.0 Å². The Bertz CT molecular complexity index is 660. The Labute approximate surface area is 149 Å². The Balaban J connectivity index is 1.48. The molecular weight excluding hydrogens is 340 g/mol. The average Bonchev–Trinajstić information content (AvgIpc) is 3.00. The fourth-order valence-corrected chi connectivity index (χ4v) is 3.77. The Morgan fingerprint density at radius 3 is 2.62 bits per heavy atom. The highest BCUT2D eigenvalue weighted by Crippen LogP contribution is 2.13. The zero-order chi connectivity index (χ0) is 17.2. The molecule has 0 unspecified atom stereocenters. The van der Waals surface area contributed by atoms with Gasteiger partial charge >= 0.3 is 0 Å². The first-order chi connectivity index (χ1) is 11.4. The third-order valence-corrected chi connectivity index (χ3v) is 6.28. The summed E-state index contributed by atoms with van der Waals surface area (Å²) >= 11 is 5.93. The van der Waals surface area contributed by atoms with Gasteiger partial charge in [-0.1, -0.05) is 48.6 Å². The van der Waals surface area contributed by atoms with E-state index in [4.69, 9.17) is 16.3 Å². The molecule has 3 rings (SSSR count). The van der Waals surface area contributed by atoms with E-state index in [9.17, 15) is 0 Å². The highest BCUT2D eigenvalue weighted by Gasteiger charge is 2.24. The maximum absolute atomic E-state index is 6.02. The molecule has 0 amide bonds. The molecule has 1 aromatic carbocycles. The molecule has 0 spiro atoms. The molecule has 1 N–H and O–H groups in total. The number of ether oxygens (including phenoxy) is 1. The Morgan fingerprint density at radius 1 is 1.29 bits per heavy atom. The van der Waals surface area contributed by atoms with Gasteiger partial charge in [-0.2, -0.15) is 0 Å². The van der Waals surface area contributed by atoms with Gasteiger partial charge in [-0.15, -0.1) is 5.10 Å². The lowest BCUT2D eigenvalue weighted by Crippen LogP contribution is -2.48. The maximum atomic E-state index is 6.02. The topological polar surface area (TPSA) is 52.0 Å². The monoisotopic (exact) mass is 364 g/mol. The number of rotatable bonds is 5. The molecule has 1 saturated heterocycles. The number of hydrogen-bond acceptors (Lipinski definition) is 4. The molecule has 1 fully saturated rings. The SMILES string of the molecule is C[Si](C)(C)c1cn(C[C@H]2CN[C@@H](Cc3ccc(Cl)cc3)CO2)nn1. The number of benzene rings is 1. The number of hydrogen-bond donors (Lipinski definition) is 1. The minimum Gasteiger partial charge on any atom is -0.373 e. The number of aromatic nitrogens is 3. The molecule has 2 heterocycles. The Kier molecular flexibility index (Phi) is 5.39. The van der Waals surface area contributed by atoms with Crippen molar-refractivity contribution in [2.24, 2.45) is 0 Å². The number of nitrogens with zero attached hydrogens (tertiary/aromatic N) is 3. The molecule has 2 aromatic rings. The summed E-state index contributed by atoms with van der Waals surface area (Å²) in [6.45, 7) is 9.13. The van der Waals surface area contributed by atoms with Crippen LogP contribution in [-0.2, 0) is 17.7 Å². The molecule has 24 heavy (non-hydrogen) atoms. The van der Waals surface area contributed by atoms with Crippen molar-refractivity contribution in [3.8, 4) is 0 Å². The third-order valence-electron chi connectivity index (χ3n) is 4.26. The van der Waals surface area contributed by atoms with Gasteiger partial charge in [0.05, 0.1) is 24.6 Å². The van der Waals surface area contributed by atoms with Crippen LogP contribution in [0.2, 0.25) is 24.7 Å². The minimum atomic E-state index is -1.40. The van der Waals surface area contributed by atoms with Gasteiger partial charge in [0.15, 0.2) is 0 Å². The maximum Gasteiger partial charge on any atom is 0.106 e. The molecule has 0 saturated carbocycles. The van der Waals surface area contributed by atoms with E-state index in [0.29, 0.717) is 12.6 Å². The Morgan fingerprint density at radius 2 is 2.04 bits per heavy atom. The van der Waals surface area contributed by atoms with E-state index in [1.54, 1.807) is 0 Å². The molecule has 0 bridgehead atoms. The van der Waals surface area contributed by atoms with Crippen LogP contribution in [0.3, 0.4) is 0 Å². The lowest BCUT2D eigenvalue weighted by molar-refractivity contribution is -0.00671. The second-order valence-electron chi connectivity index (χ2n) is 7.47. The molecule has 2 atom stereocenters. The third kappa shape index (κ3) is 4.66. The second kappa shape index (κ2) is 7.35. The fourth-order valence-electron chi connectivity index (χ4n) is 2.76. The Hall–Kier alpha value is -1.21. The van der Waals surface area contributed by atoms with Crippen LogP contribution in [-0.4, -0.2) is 48.4 Å². The van der Waals surface area contributed by atoms with E-state index in [-0.39, 0.29) is 6.10 Å². The minimum absolute atomic E-state index is 0.141. The first-order valence-electron chi connectivity index (χ1n) is 8.40. The molecule has 0 aliphatic carbocycles. The highest BCUT2D eigenvalue weighted by atomic mass is 35.5. The van der Waals surface area contributed by atoms with Gasteiger partial charge in [0.2, 0.25) is 0 Å². The van der Waals surface area contributed by atoms with Crippen molar-refractivity contribution in [1.29, 1.82) is 0 Å². The van der Waals surface area contributed by atoms with E-state index >= 15 is 0 Å². The smallest absolute Gasteiger partial charge is 0.106 e. The van der Waals surface area contributed by atoms with Crippen LogP contribution in [0.1, 0.15) is 5.56 Å². The van der Waals surface area contributed by atoms with Gasteiger partial charge in [0.1, 0.15) is 8.07 Å². The second-order valence-corrected chi connectivity index (χ2v) is 12.9. The van der Waals surface area contributed by atoms with E-state index in [2.05, 4.69) is 53.6 Å². The quantitative estimate of drug-likeness (QED) is 0.825. The summed E-state index contributed by atoms with van der Waals surface area (Å²) in [7, 11) is -1.40. The van der Waals surface area contributed by atoms with Crippen LogP contribution in [0.5, 0.6) is 0 Å². The molecule has 1 aliphatic heterocycles. The molecule has 1 aromatic heterocycles. The summed E-state index contributed by atoms with van der Waals surface area (Å²) in [5, 5.41) is 14.1. The van der Waals surface area contributed by atoms with E-state index in [1.807, 2.05) is 16.8 Å². The summed E-state index contributed by atoms with van der Waals surface area (Å²) in [6.07, 6.45) is 3.17. The number of morpholine rings is 1. The molecule has 5 nitrogen and oxygen atoms in total. The van der Waals surface area contributed by atoms with Crippen LogP contribution < -0.4 is 10.6 Å². The summed E-state index contributed by atoms with van der Waals surface area (Å²) in [4.78, 5) is 0. The van der Waals surface area contributed by atoms with Crippen molar-refractivity contribution in [2.75, 3.05) is 13.2 Å². The molecule has 1 aliphatic rings. The predicted octanol–water partition coefficient (Wildman–Crippen LogP) is 2.08. The van der Waals surface area contributed by atoms with Crippen molar-refractivity contribution < 1.29 is 4.74 Å². The van der Waals surface area contributed by atoms with Gasteiger partial charge < -0.3 is 10.1 Å². The summed E-state index contributed by atoms with van der Waals surface area (Å²) in [5.41, 5.74) is 1.27.